The third-order valence-corrected chi connectivity index (χ3v) is 6.46. The summed E-state index contributed by atoms with van der Waals surface area (Å²) in [6.07, 6.45) is -4.71. The number of hydrogen-bond donors (Lipinski definition) is 2. The molecule has 0 saturated carbocycles. The first-order valence-electron chi connectivity index (χ1n) is 12.5. The van der Waals surface area contributed by atoms with Gasteiger partial charge in [-0.3, -0.25) is 4.79 Å². The fourth-order valence-electron chi connectivity index (χ4n) is 4.27. The van der Waals surface area contributed by atoms with Crippen LogP contribution in [0.15, 0.2) is 91.0 Å². The Morgan fingerprint density at radius 2 is 1.68 bits per heavy atom. The van der Waals surface area contributed by atoms with Gasteiger partial charge in [-0.15, -0.1) is 0 Å². The van der Waals surface area contributed by atoms with Gasteiger partial charge in [0.25, 0.3) is 0 Å². The summed E-state index contributed by atoms with van der Waals surface area (Å²) < 4.78 is 40.0. The number of amides is 2. The number of benzene rings is 4. The first-order valence-corrected chi connectivity index (χ1v) is 12.9. The largest absolute Gasteiger partial charge is 0.390 e. The van der Waals surface area contributed by atoms with E-state index >= 15 is 0 Å². The van der Waals surface area contributed by atoms with Crippen LogP contribution in [0.1, 0.15) is 27.9 Å². The molecule has 2 N–H and O–H groups in total. The lowest BCUT2D eigenvalue weighted by Gasteiger charge is -2.28. The van der Waals surface area contributed by atoms with E-state index in [2.05, 4.69) is 10.6 Å². The predicted molar refractivity (Wildman–Crippen MR) is 154 cm³/mol. The highest BCUT2D eigenvalue weighted by molar-refractivity contribution is 6.30. The number of alkyl halides is 3. The van der Waals surface area contributed by atoms with Gasteiger partial charge in [-0.1, -0.05) is 71.8 Å². The average molecular weight is 566 g/mol. The second-order valence-corrected chi connectivity index (χ2v) is 9.74. The van der Waals surface area contributed by atoms with Crippen molar-refractivity contribution >= 4 is 41.0 Å². The molecule has 9 heteroatoms. The molecule has 0 spiro atoms. The van der Waals surface area contributed by atoms with Crippen LogP contribution in [0.2, 0.25) is 5.02 Å². The second kappa shape index (κ2) is 12.7. The van der Waals surface area contributed by atoms with Gasteiger partial charge in [-0.2, -0.15) is 13.2 Å². The van der Waals surface area contributed by atoms with Crippen LogP contribution in [0.5, 0.6) is 0 Å². The first kappa shape index (κ1) is 28.7. The molecule has 0 aromatic heterocycles. The summed E-state index contributed by atoms with van der Waals surface area (Å²) in [7, 11) is 0. The number of urea groups is 1. The van der Waals surface area contributed by atoms with Crippen LogP contribution < -0.4 is 15.5 Å². The first-order chi connectivity index (χ1) is 19.1. The molecule has 40 heavy (non-hydrogen) atoms. The molecule has 0 aliphatic rings. The number of nitrogens with zero attached hydrogens (tertiary/aromatic N) is 1. The van der Waals surface area contributed by atoms with Crippen LogP contribution in [0.3, 0.4) is 0 Å². The van der Waals surface area contributed by atoms with Crippen molar-refractivity contribution in [2.24, 2.45) is 0 Å². The molecule has 0 aliphatic carbocycles. The minimum absolute atomic E-state index is 0.120. The molecule has 2 amide bonds. The molecule has 0 aliphatic heterocycles. The average Bonchev–Trinajstić information content (AvgIpc) is 2.92. The van der Waals surface area contributed by atoms with E-state index in [0.717, 1.165) is 11.8 Å². The van der Waals surface area contributed by atoms with Gasteiger partial charge in [0.15, 0.2) is 6.29 Å². The van der Waals surface area contributed by atoms with Gasteiger partial charge in [0, 0.05) is 29.4 Å². The van der Waals surface area contributed by atoms with Crippen molar-refractivity contribution in [2.45, 2.75) is 26.1 Å². The van der Waals surface area contributed by atoms with E-state index in [9.17, 15) is 22.8 Å². The Balaban J connectivity index is 1.75. The molecule has 0 unspecified atom stereocenters. The zero-order valence-corrected chi connectivity index (χ0v) is 22.4. The molecule has 0 saturated heterocycles. The Labute approximate surface area is 235 Å². The van der Waals surface area contributed by atoms with E-state index in [1.807, 2.05) is 19.1 Å². The van der Waals surface area contributed by atoms with Crippen LogP contribution in [-0.4, -0.2) is 25.0 Å². The number of anilines is 3. The Morgan fingerprint density at radius 3 is 2.38 bits per heavy atom. The van der Waals surface area contributed by atoms with E-state index in [-0.39, 0.29) is 18.8 Å². The molecule has 0 radical (unpaired) electrons. The number of carbonyl (C=O) groups is 2. The maximum Gasteiger partial charge on any atom is 0.390 e. The molecular formula is C31H27ClF3N3O2. The molecular weight excluding hydrogens is 539 g/mol. The van der Waals surface area contributed by atoms with Crippen LogP contribution in [0.25, 0.3) is 11.1 Å². The molecule has 0 bridgehead atoms. The third kappa shape index (κ3) is 7.86. The highest BCUT2D eigenvalue weighted by Gasteiger charge is 2.29. The van der Waals surface area contributed by atoms with Gasteiger partial charge >= 0.3 is 12.2 Å². The minimum Gasteiger partial charge on any atom is -0.365 e. The van der Waals surface area contributed by atoms with Crippen molar-refractivity contribution < 1.29 is 22.8 Å². The van der Waals surface area contributed by atoms with Crippen LogP contribution >= 0.6 is 11.6 Å². The molecule has 4 rings (SSSR count). The van der Waals surface area contributed by atoms with Crippen LogP contribution in [0, 0.1) is 6.92 Å². The summed E-state index contributed by atoms with van der Waals surface area (Å²) >= 11 is 6.14. The molecule has 4 aromatic rings. The van der Waals surface area contributed by atoms with Gasteiger partial charge < -0.3 is 15.5 Å². The highest BCUT2D eigenvalue weighted by Crippen LogP contribution is 2.35. The maximum absolute atomic E-state index is 13.3. The number of rotatable bonds is 9. The maximum atomic E-state index is 13.3. The van der Waals surface area contributed by atoms with E-state index in [1.54, 1.807) is 83.8 Å². The SMILES string of the molecule is Cc1ccc(NC(=O)Nc2cc(-c3ccccc3C=O)ccc2N(CCC(F)(F)F)Cc2cccc(Cl)c2)cc1. The van der Waals surface area contributed by atoms with Gasteiger partial charge in [-0.25, -0.2) is 4.79 Å². The zero-order valence-electron chi connectivity index (χ0n) is 21.6. The molecule has 4 aromatic carbocycles. The van der Waals surface area contributed by atoms with Gasteiger partial charge in [0.05, 0.1) is 17.8 Å². The fourth-order valence-corrected chi connectivity index (χ4v) is 4.48. The number of aryl methyl sites for hydroxylation is 1. The molecule has 5 nitrogen and oxygen atoms in total. The summed E-state index contributed by atoms with van der Waals surface area (Å²) in [5.41, 5.74) is 4.65. The van der Waals surface area contributed by atoms with Crippen molar-refractivity contribution in [1.29, 1.82) is 0 Å². The Kier molecular flexibility index (Phi) is 9.11. The van der Waals surface area contributed by atoms with Crippen molar-refractivity contribution in [3.05, 3.63) is 113 Å². The molecule has 206 valence electrons. The van der Waals surface area contributed by atoms with Crippen molar-refractivity contribution in [3.8, 4) is 11.1 Å². The monoisotopic (exact) mass is 565 g/mol. The van der Waals surface area contributed by atoms with E-state index in [0.29, 0.717) is 38.7 Å². The number of hydrogen-bond acceptors (Lipinski definition) is 3. The Hall–Kier alpha value is -4.30. The quantitative estimate of drug-likeness (QED) is 0.199. The van der Waals surface area contributed by atoms with Crippen LogP contribution in [-0.2, 0) is 6.54 Å². The molecule has 0 heterocycles. The normalized spacial score (nSPS) is 11.1. The minimum atomic E-state index is -4.38. The summed E-state index contributed by atoms with van der Waals surface area (Å²) in [6.45, 7) is 1.69. The van der Waals surface area contributed by atoms with Crippen LogP contribution in [0.4, 0.5) is 35.0 Å². The zero-order chi connectivity index (χ0) is 28.7. The third-order valence-electron chi connectivity index (χ3n) is 6.22. The number of aldehydes is 1. The van der Waals surface area contributed by atoms with E-state index in [4.69, 9.17) is 11.6 Å². The lowest BCUT2D eigenvalue weighted by Crippen LogP contribution is -2.29. The van der Waals surface area contributed by atoms with Crippen molar-refractivity contribution in [2.75, 3.05) is 22.1 Å². The summed E-state index contributed by atoms with van der Waals surface area (Å²) in [6, 6.07) is 25.5. The molecule has 0 atom stereocenters. The Morgan fingerprint density at radius 1 is 0.925 bits per heavy atom. The topological polar surface area (TPSA) is 61.4 Å². The van der Waals surface area contributed by atoms with Crippen molar-refractivity contribution in [3.63, 3.8) is 0 Å². The smallest absolute Gasteiger partial charge is 0.365 e. The van der Waals surface area contributed by atoms with Gasteiger partial charge in [0.2, 0.25) is 0 Å². The highest BCUT2D eigenvalue weighted by atomic mass is 35.5. The van der Waals surface area contributed by atoms with E-state index < -0.39 is 18.6 Å². The van der Waals surface area contributed by atoms with Gasteiger partial charge in [-0.05, 0) is 60.0 Å². The number of carbonyl (C=O) groups excluding carboxylic acids is 2. The lowest BCUT2D eigenvalue weighted by molar-refractivity contribution is -0.132. The van der Waals surface area contributed by atoms with Crippen molar-refractivity contribution in [1.82, 2.24) is 0 Å². The summed E-state index contributed by atoms with van der Waals surface area (Å²) in [5.74, 6) is 0. The number of nitrogens with one attached hydrogen (secondary N) is 2. The van der Waals surface area contributed by atoms with Gasteiger partial charge in [0.1, 0.15) is 0 Å². The predicted octanol–water partition coefficient (Wildman–Crippen LogP) is 8.73. The summed E-state index contributed by atoms with van der Waals surface area (Å²) in [5, 5.41) is 6.03. The summed E-state index contributed by atoms with van der Waals surface area (Å²) in [4.78, 5) is 26.3. The Bertz CT molecular complexity index is 1490. The molecule has 0 fully saturated rings. The van der Waals surface area contributed by atoms with E-state index in [1.165, 1.54) is 0 Å². The number of halogens is 4. The fraction of sp³-hybridized carbons (Fsp3) is 0.161. The second-order valence-electron chi connectivity index (χ2n) is 9.30. The standard InChI is InChI=1S/C31H27ClF3N3O2/c1-21-9-12-26(13-10-21)36-30(40)37-28-18-23(27-8-3-2-6-24(27)20-39)11-14-29(28)38(16-15-31(33,34)35)19-22-5-4-7-25(32)17-22/h2-14,17-18,20H,15-16,19H2,1H3,(H2,36,37,40). The lowest BCUT2D eigenvalue weighted by atomic mass is 9.99.